The molecule has 3 rings (SSSR count). The van der Waals surface area contributed by atoms with Crippen molar-refractivity contribution in [1.29, 1.82) is 0 Å². The summed E-state index contributed by atoms with van der Waals surface area (Å²) in [6, 6.07) is 12.4. The molecule has 1 aromatic heterocycles. The van der Waals surface area contributed by atoms with Crippen LogP contribution in [0.3, 0.4) is 0 Å². The van der Waals surface area contributed by atoms with Crippen molar-refractivity contribution in [2.75, 3.05) is 7.05 Å². The Morgan fingerprint density at radius 1 is 1.22 bits per heavy atom. The number of hydrogen-bond donors (Lipinski definition) is 1. The molecule has 0 unspecified atom stereocenters. The zero-order chi connectivity index (χ0) is 16.4. The number of benzene rings is 1. The lowest BCUT2D eigenvalue weighted by molar-refractivity contribution is 0.0648. The SMILES string of the molecule is CN(C(=O)OCc1ccccc1)C1(c2ccc(C(=O)O)o2)CC1. The van der Waals surface area contributed by atoms with E-state index >= 15 is 0 Å². The molecule has 0 saturated heterocycles. The minimum Gasteiger partial charge on any atom is -0.475 e. The van der Waals surface area contributed by atoms with E-state index in [0.29, 0.717) is 5.76 Å². The van der Waals surface area contributed by atoms with E-state index < -0.39 is 17.6 Å². The summed E-state index contributed by atoms with van der Waals surface area (Å²) >= 11 is 0. The van der Waals surface area contributed by atoms with Crippen molar-refractivity contribution in [3.63, 3.8) is 0 Å². The maximum Gasteiger partial charge on any atom is 0.410 e. The monoisotopic (exact) mass is 315 g/mol. The van der Waals surface area contributed by atoms with Gasteiger partial charge in [0, 0.05) is 7.05 Å². The van der Waals surface area contributed by atoms with Crippen molar-refractivity contribution in [2.24, 2.45) is 0 Å². The molecule has 0 spiro atoms. The molecule has 1 aromatic carbocycles. The number of carboxylic acids is 1. The number of furan rings is 1. The van der Waals surface area contributed by atoms with E-state index in [-0.39, 0.29) is 12.4 Å². The highest BCUT2D eigenvalue weighted by Crippen LogP contribution is 2.51. The van der Waals surface area contributed by atoms with Crippen LogP contribution in [0.4, 0.5) is 4.79 Å². The molecule has 1 aliphatic carbocycles. The standard InChI is InChI=1S/C17H17NO5/c1-18(16(21)22-11-12-5-3-2-4-6-12)17(9-10-17)14-8-7-13(23-14)15(19)20/h2-8H,9-11H2,1H3,(H,19,20). The Morgan fingerprint density at radius 2 is 1.91 bits per heavy atom. The van der Waals surface area contributed by atoms with Gasteiger partial charge in [-0.2, -0.15) is 0 Å². The first-order chi connectivity index (χ1) is 11.0. The van der Waals surface area contributed by atoms with Crippen molar-refractivity contribution in [3.8, 4) is 0 Å². The number of amides is 1. The molecule has 0 bridgehead atoms. The average Bonchev–Trinajstić information content (AvgIpc) is 3.21. The van der Waals surface area contributed by atoms with Crippen molar-refractivity contribution >= 4 is 12.1 Å². The van der Waals surface area contributed by atoms with Crippen LogP contribution in [0.15, 0.2) is 46.9 Å². The lowest BCUT2D eigenvalue weighted by Gasteiger charge is -2.25. The number of rotatable bonds is 5. The van der Waals surface area contributed by atoms with Gasteiger partial charge in [0.2, 0.25) is 5.76 Å². The largest absolute Gasteiger partial charge is 0.475 e. The van der Waals surface area contributed by atoms with Gasteiger partial charge in [-0.15, -0.1) is 0 Å². The van der Waals surface area contributed by atoms with Crippen LogP contribution < -0.4 is 0 Å². The normalized spacial score (nSPS) is 15.0. The van der Waals surface area contributed by atoms with Crippen molar-refractivity contribution in [1.82, 2.24) is 4.90 Å². The number of carbonyl (C=O) groups is 2. The molecule has 0 radical (unpaired) electrons. The molecule has 6 nitrogen and oxygen atoms in total. The summed E-state index contributed by atoms with van der Waals surface area (Å²) in [6.07, 6.45) is 0.979. The second kappa shape index (κ2) is 5.79. The predicted octanol–water partition coefficient (Wildman–Crippen LogP) is 3.24. The van der Waals surface area contributed by atoms with Gasteiger partial charge in [-0.05, 0) is 30.5 Å². The van der Waals surface area contributed by atoms with E-state index in [1.54, 1.807) is 13.1 Å². The van der Waals surface area contributed by atoms with Crippen LogP contribution in [0.1, 0.15) is 34.7 Å². The van der Waals surface area contributed by atoms with E-state index in [1.165, 1.54) is 11.0 Å². The lowest BCUT2D eigenvalue weighted by Crippen LogP contribution is -2.37. The minimum atomic E-state index is -1.12. The average molecular weight is 315 g/mol. The molecule has 0 atom stereocenters. The van der Waals surface area contributed by atoms with Gasteiger partial charge in [-0.3, -0.25) is 4.90 Å². The number of carbonyl (C=O) groups excluding carboxylic acids is 1. The van der Waals surface area contributed by atoms with Gasteiger partial charge < -0.3 is 14.3 Å². The number of hydrogen-bond acceptors (Lipinski definition) is 4. The quantitative estimate of drug-likeness (QED) is 0.916. The van der Waals surface area contributed by atoms with Crippen LogP contribution in [-0.4, -0.2) is 29.1 Å². The fourth-order valence-corrected chi connectivity index (χ4v) is 2.56. The molecule has 1 fully saturated rings. The molecule has 6 heteroatoms. The summed E-state index contributed by atoms with van der Waals surface area (Å²) in [7, 11) is 1.64. The van der Waals surface area contributed by atoms with E-state index in [1.807, 2.05) is 30.3 Å². The number of aromatic carboxylic acids is 1. The fourth-order valence-electron chi connectivity index (χ4n) is 2.56. The first-order valence-electron chi connectivity index (χ1n) is 7.31. The Morgan fingerprint density at radius 3 is 2.48 bits per heavy atom. The molecule has 1 aliphatic rings. The molecule has 0 aliphatic heterocycles. The molecule has 2 aromatic rings. The maximum atomic E-state index is 12.3. The number of ether oxygens (including phenoxy) is 1. The highest BCUT2D eigenvalue weighted by Gasteiger charge is 2.53. The van der Waals surface area contributed by atoms with Gasteiger partial charge >= 0.3 is 12.1 Å². The molecule has 1 amide bonds. The number of carboxylic acid groups (broad SMARTS) is 1. The highest BCUT2D eigenvalue weighted by molar-refractivity contribution is 5.84. The van der Waals surface area contributed by atoms with Crippen LogP contribution in [0, 0.1) is 0 Å². The second-order valence-corrected chi connectivity index (χ2v) is 5.60. The van der Waals surface area contributed by atoms with Crippen LogP contribution in [0.5, 0.6) is 0 Å². The zero-order valence-electron chi connectivity index (χ0n) is 12.7. The molecule has 23 heavy (non-hydrogen) atoms. The summed E-state index contributed by atoms with van der Waals surface area (Å²) in [6.45, 7) is 0.193. The molecular formula is C17H17NO5. The lowest BCUT2D eigenvalue weighted by atomic mass is 10.2. The van der Waals surface area contributed by atoms with Crippen LogP contribution in [0.25, 0.3) is 0 Å². The van der Waals surface area contributed by atoms with Gasteiger partial charge in [0.25, 0.3) is 0 Å². The fraction of sp³-hybridized carbons (Fsp3) is 0.294. The smallest absolute Gasteiger partial charge is 0.410 e. The van der Waals surface area contributed by atoms with Crippen molar-refractivity contribution in [2.45, 2.75) is 25.0 Å². The molecule has 120 valence electrons. The third-order valence-electron chi connectivity index (χ3n) is 4.12. The topological polar surface area (TPSA) is 80.0 Å². The summed E-state index contributed by atoms with van der Waals surface area (Å²) in [5.74, 6) is -0.771. The Hall–Kier alpha value is -2.76. The van der Waals surface area contributed by atoms with Gasteiger partial charge in [-0.25, -0.2) is 9.59 Å². The molecule has 1 saturated carbocycles. The zero-order valence-corrected chi connectivity index (χ0v) is 12.7. The highest BCUT2D eigenvalue weighted by atomic mass is 16.6. The van der Waals surface area contributed by atoms with Crippen molar-refractivity contribution in [3.05, 3.63) is 59.5 Å². The summed E-state index contributed by atoms with van der Waals surface area (Å²) in [4.78, 5) is 24.7. The van der Waals surface area contributed by atoms with Crippen molar-refractivity contribution < 1.29 is 23.8 Å². The maximum absolute atomic E-state index is 12.3. The first kappa shape index (κ1) is 15.1. The van der Waals surface area contributed by atoms with E-state index in [0.717, 1.165) is 18.4 Å². The van der Waals surface area contributed by atoms with Gasteiger partial charge in [0.05, 0.1) is 0 Å². The molecule has 1 heterocycles. The van der Waals surface area contributed by atoms with E-state index in [2.05, 4.69) is 0 Å². The van der Waals surface area contributed by atoms with Gasteiger partial charge in [0.15, 0.2) is 0 Å². The first-order valence-corrected chi connectivity index (χ1v) is 7.31. The Kier molecular flexibility index (Phi) is 3.82. The van der Waals surface area contributed by atoms with Crippen LogP contribution >= 0.6 is 0 Å². The molecule has 1 N–H and O–H groups in total. The number of nitrogens with zero attached hydrogens (tertiary/aromatic N) is 1. The third kappa shape index (κ3) is 2.92. The Labute approximate surface area is 133 Å². The third-order valence-corrected chi connectivity index (χ3v) is 4.12. The summed E-state index contributed by atoms with van der Waals surface area (Å²) in [5, 5.41) is 8.94. The van der Waals surface area contributed by atoms with Crippen LogP contribution in [-0.2, 0) is 16.9 Å². The predicted molar refractivity (Wildman–Crippen MR) is 81.0 cm³/mol. The minimum absolute atomic E-state index is 0.127. The molecular weight excluding hydrogens is 298 g/mol. The van der Waals surface area contributed by atoms with Gasteiger partial charge in [-0.1, -0.05) is 30.3 Å². The second-order valence-electron chi connectivity index (χ2n) is 5.60. The Bertz CT molecular complexity index is 718. The summed E-state index contributed by atoms with van der Waals surface area (Å²) in [5.41, 5.74) is 0.312. The van der Waals surface area contributed by atoms with E-state index in [9.17, 15) is 9.59 Å². The Balaban J connectivity index is 1.67. The van der Waals surface area contributed by atoms with E-state index in [4.69, 9.17) is 14.3 Å². The summed E-state index contributed by atoms with van der Waals surface area (Å²) < 4.78 is 10.7. The van der Waals surface area contributed by atoms with Gasteiger partial charge in [0.1, 0.15) is 17.9 Å². The van der Waals surface area contributed by atoms with Crippen LogP contribution in [0.2, 0.25) is 0 Å².